The van der Waals surface area contributed by atoms with Gasteiger partial charge in [0, 0.05) is 43.6 Å². The van der Waals surface area contributed by atoms with Crippen LogP contribution in [0.1, 0.15) is 30.1 Å². The van der Waals surface area contributed by atoms with Crippen LogP contribution in [0, 0.1) is 12.8 Å². The van der Waals surface area contributed by atoms with Gasteiger partial charge in [-0.2, -0.15) is 0 Å². The van der Waals surface area contributed by atoms with E-state index in [-0.39, 0.29) is 17.7 Å². The fourth-order valence-corrected chi connectivity index (χ4v) is 3.72. The molecule has 1 aliphatic heterocycles. The molecule has 1 aromatic carbocycles. The maximum absolute atomic E-state index is 12.5. The number of benzene rings is 1. The van der Waals surface area contributed by atoms with Gasteiger partial charge in [0.25, 0.3) is 0 Å². The molecule has 0 atom stereocenters. The second-order valence-electron chi connectivity index (χ2n) is 7.36. The summed E-state index contributed by atoms with van der Waals surface area (Å²) in [6.45, 7) is 8.52. The van der Waals surface area contributed by atoms with Crippen LogP contribution in [-0.2, 0) is 16.2 Å². The van der Waals surface area contributed by atoms with Gasteiger partial charge in [-0.1, -0.05) is 26.0 Å². The molecular formula is C22H27N3O3S. The van der Waals surface area contributed by atoms with Gasteiger partial charge in [-0.15, -0.1) is 11.3 Å². The first kappa shape index (κ1) is 21.0. The molecule has 1 saturated heterocycles. The average molecular weight is 414 g/mol. The van der Waals surface area contributed by atoms with Crippen LogP contribution in [0.2, 0.25) is 0 Å². The van der Waals surface area contributed by atoms with Crippen LogP contribution in [0.3, 0.4) is 0 Å². The van der Waals surface area contributed by atoms with Crippen molar-refractivity contribution < 1.29 is 14.3 Å². The summed E-state index contributed by atoms with van der Waals surface area (Å²) in [5.41, 5.74) is 1.82. The van der Waals surface area contributed by atoms with Crippen molar-refractivity contribution in [2.45, 2.75) is 27.4 Å². The second-order valence-corrected chi connectivity index (χ2v) is 8.42. The van der Waals surface area contributed by atoms with E-state index in [4.69, 9.17) is 4.74 Å². The zero-order chi connectivity index (χ0) is 20.8. The van der Waals surface area contributed by atoms with Crippen molar-refractivity contribution in [2.24, 2.45) is 5.92 Å². The highest BCUT2D eigenvalue weighted by molar-refractivity contribution is 7.09. The van der Waals surface area contributed by atoms with Gasteiger partial charge in [-0.25, -0.2) is 4.98 Å². The first-order valence-corrected chi connectivity index (χ1v) is 10.7. The molecule has 0 bridgehead atoms. The first-order valence-electron chi connectivity index (χ1n) is 9.82. The summed E-state index contributed by atoms with van der Waals surface area (Å²) >= 11 is 1.60. The minimum absolute atomic E-state index is 0.00816. The third-order valence-electron chi connectivity index (χ3n) is 4.73. The van der Waals surface area contributed by atoms with Gasteiger partial charge in [0.2, 0.25) is 11.8 Å². The Balaban J connectivity index is 1.52. The molecule has 0 spiro atoms. The Labute approximate surface area is 175 Å². The Morgan fingerprint density at radius 2 is 1.93 bits per heavy atom. The maximum Gasteiger partial charge on any atom is 0.246 e. The molecular weight excluding hydrogens is 386 g/mol. The fraction of sp³-hybridized carbons (Fsp3) is 0.409. The SMILES string of the molecule is Cc1nc(COc2cccc(/C=C/C(=O)N3CCN(C(=O)C(C)C)CC3)c2)cs1. The quantitative estimate of drug-likeness (QED) is 0.681. The third kappa shape index (κ3) is 5.90. The van der Waals surface area contributed by atoms with Crippen LogP contribution >= 0.6 is 11.3 Å². The molecule has 0 saturated carbocycles. The second kappa shape index (κ2) is 9.69. The van der Waals surface area contributed by atoms with E-state index in [0.29, 0.717) is 32.8 Å². The third-order valence-corrected chi connectivity index (χ3v) is 5.55. The summed E-state index contributed by atoms with van der Waals surface area (Å²) in [6, 6.07) is 7.64. The highest BCUT2D eigenvalue weighted by Gasteiger charge is 2.24. The van der Waals surface area contributed by atoms with Crippen LogP contribution in [0.15, 0.2) is 35.7 Å². The van der Waals surface area contributed by atoms with Crippen LogP contribution in [0.25, 0.3) is 6.08 Å². The number of carbonyl (C=O) groups excluding carboxylic acids is 2. The molecule has 2 amide bonds. The summed E-state index contributed by atoms with van der Waals surface area (Å²) in [7, 11) is 0. The summed E-state index contributed by atoms with van der Waals surface area (Å²) in [5.74, 6) is 0.848. The predicted octanol–water partition coefficient (Wildman–Crippen LogP) is 3.37. The van der Waals surface area contributed by atoms with Crippen molar-refractivity contribution in [3.05, 3.63) is 52.0 Å². The molecule has 1 fully saturated rings. The number of rotatable bonds is 6. The lowest BCUT2D eigenvalue weighted by Crippen LogP contribution is -2.51. The molecule has 3 rings (SSSR count). The predicted molar refractivity (Wildman–Crippen MR) is 115 cm³/mol. The van der Waals surface area contributed by atoms with Crippen molar-refractivity contribution in [1.29, 1.82) is 0 Å². The van der Waals surface area contributed by atoms with Crippen LogP contribution in [0.5, 0.6) is 5.75 Å². The Kier molecular flexibility index (Phi) is 7.04. The molecule has 2 aromatic rings. The number of piperazine rings is 1. The summed E-state index contributed by atoms with van der Waals surface area (Å²) in [6.07, 6.45) is 3.39. The standard InChI is InChI=1S/C22H27N3O3S/c1-16(2)22(27)25-11-9-24(10-12-25)21(26)8-7-18-5-4-6-20(13-18)28-14-19-15-29-17(3)23-19/h4-8,13,15-16H,9-12,14H2,1-3H3/b8-7+. The Bertz CT molecular complexity index is 883. The molecule has 1 aliphatic rings. The zero-order valence-corrected chi connectivity index (χ0v) is 17.9. The van der Waals surface area contributed by atoms with Gasteiger partial charge in [0.1, 0.15) is 12.4 Å². The molecule has 1 aromatic heterocycles. The summed E-state index contributed by atoms with van der Waals surface area (Å²) in [4.78, 5) is 32.5. The van der Waals surface area contributed by atoms with E-state index < -0.39 is 0 Å². The molecule has 0 radical (unpaired) electrons. The normalized spacial score (nSPS) is 14.6. The number of aromatic nitrogens is 1. The Morgan fingerprint density at radius 1 is 1.21 bits per heavy atom. The number of thiazole rings is 1. The minimum atomic E-state index is -0.0362. The van der Waals surface area contributed by atoms with Gasteiger partial charge in [0.15, 0.2) is 0 Å². The van der Waals surface area contributed by atoms with E-state index in [2.05, 4.69) is 4.98 Å². The number of amides is 2. The van der Waals surface area contributed by atoms with Gasteiger partial charge < -0.3 is 14.5 Å². The van der Waals surface area contributed by atoms with E-state index in [1.165, 1.54) is 0 Å². The van der Waals surface area contributed by atoms with Gasteiger partial charge in [0.05, 0.1) is 10.7 Å². The lowest BCUT2D eigenvalue weighted by Gasteiger charge is -2.35. The Hall–Kier alpha value is -2.67. The van der Waals surface area contributed by atoms with E-state index in [1.807, 2.05) is 55.3 Å². The van der Waals surface area contributed by atoms with Crippen molar-refractivity contribution in [3.8, 4) is 5.75 Å². The van der Waals surface area contributed by atoms with Gasteiger partial charge in [-0.05, 0) is 30.7 Å². The number of hydrogen-bond donors (Lipinski definition) is 0. The monoisotopic (exact) mass is 413 g/mol. The number of ether oxygens (including phenoxy) is 1. The highest BCUT2D eigenvalue weighted by Crippen LogP contribution is 2.17. The fourth-order valence-electron chi connectivity index (χ4n) is 3.13. The highest BCUT2D eigenvalue weighted by atomic mass is 32.1. The van der Waals surface area contributed by atoms with E-state index >= 15 is 0 Å². The maximum atomic E-state index is 12.5. The van der Waals surface area contributed by atoms with Crippen LogP contribution in [-0.4, -0.2) is 52.8 Å². The molecule has 0 aliphatic carbocycles. The lowest BCUT2D eigenvalue weighted by molar-refractivity contribution is -0.139. The largest absolute Gasteiger partial charge is 0.487 e. The van der Waals surface area contributed by atoms with Gasteiger partial charge in [-0.3, -0.25) is 9.59 Å². The van der Waals surface area contributed by atoms with Gasteiger partial charge >= 0.3 is 0 Å². The summed E-state index contributed by atoms with van der Waals surface area (Å²) in [5, 5.41) is 3.01. The number of aryl methyl sites for hydroxylation is 1. The molecule has 0 unspecified atom stereocenters. The molecule has 29 heavy (non-hydrogen) atoms. The van der Waals surface area contributed by atoms with E-state index in [0.717, 1.165) is 22.0 Å². The van der Waals surface area contributed by atoms with Crippen LogP contribution in [0.4, 0.5) is 0 Å². The summed E-state index contributed by atoms with van der Waals surface area (Å²) < 4.78 is 5.80. The first-order chi connectivity index (χ1) is 13.9. The van der Waals surface area contributed by atoms with Crippen molar-refractivity contribution >= 4 is 29.2 Å². The average Bonchev–Trinajstić information content (AvgIpc) is 3.15. The smallest absolute Gasteiger partial charge is 0.246 e. The molecule has 154 valence electrons. The molecule has 2 heterocycles. The lowest BCUT2D eigenvalue weighted by atomic mass is 10.1. The van der Waals surface area contributed by atoms with Crippen LogP contribution < -0.4 is 4.74 Å². The zero-order valence-electron chi connectivity index (χ0n) is 17.1. The van der Waals surface area contributed by atoms with Crippen molar-refractivity contribution in [2.75, 3.05) is 26.2 Å². The van der Waals surface area contributed by atoms with Crippen molar-refractivity contribution in [1.82, 2.24) is 14.8 Å². The molecule has 0 N–H and O–H groups in total. The van der Waals surface area contributed by atoms with E-state index in [1.54, 1.807) is 28.4 Å². The number of carbonyl (C=O) groups is 2. The number of nitrogens with zero attached hydrogens (tertiary/aromatic N) is 3. The van der Waals surface area contributed by atoms with E-state index in [9.17, 15) is 9.59 Å². The Morgan fingerprint density at radius 3 is 2.59 bits per heavy atom. The molecule has 6 nitrogen and oxygen atoms in total. The topological polar surface area (TPSA) is 62.7 Å². The van der Waals surface area contributed by atoms with Crippen molar-refractivity contribution in [3.63, 3.8) is 0 Å². The number of hydrogen-bond acceptors (Lipinski definition) is 5. The minimum Gasteiger partial charge on any atom is -0.487 e. The molecule has 7 heteroatoms.